The largest absolute Gasteiger partial charge is 0.496 e. The third-order valence-corrected chi connectivity index (χ3v) is 3.10. The van der Waals surface area contributed by atoms with Gasteiger partial charge in [0.2, 0.25) is 5.91 Å². The van der Waals surface area contributed by atoms with Gasteiger partial charge in [-0.3, -0.25) is 4.79 Å². The van der Waals surface area contributed by atoms with Crippen molar-refractivity contribution in [1.29, 1.82) is 0 Å². The number of carbonyl (C=O) groups is 2. The first-order chi connectivity index (χ1) is 11.1. The summed E-state index contributed by atoms with van der Waals surface area (Å²) in [5, 5.41) is 2.69. The Morgan fingerprint density at radius 1 is 1.04 bits per heavy atom. The zero-order chi connectivity index (χ0) is 16.7. The Bertz CT molecular complexity index is 737. The molecule has 0 bridgehead atoms. The molecule has 0 atom stereocenters. The van der Waals surface area contributed by atoms with Crippen LogP contribution in [0.2, 0.25) is 0 Å². The standard InChI is InChI=1S/C18H17NO4/c1-22-16-9-4-3-6-13(16)10-11-17(20)19-15-8-5-7-14(12-15)18(21)23-2/h3-12H,1-2H3,(H,19,20)/b11-10+. The summed E-state index contributed by atoms with van der Waals surface area (Å²) in [5.74, 6) is -0.0761. The van der Waals surface area contributed by atoms with Gasteiger partial charge in [0.25, 0.3) is 0 Å². The second-order valence-electron chi connectivity index (χ2n) is 4.64. The molecule has 1 amide bonds. The molecule has 0 radical (unpaired) electrons. The highest BCUT2D eigenvalue weighted by atomic mass is 16.5. The molecule has 0 saturated carbocycles. The number of hydrogen-bond acceptors (Lipinski definition) is 4. The lowest BCUT2D eigenvalue weighted by atomic mass is 10.2. The fourth-order valence-corrected chi connectivity index (χ4v) is 2.00. The summed E-state index contributed by atoms with van der Waals surface area (Å²) in [6.45, 7) is 0. The number of carbonyl (C=O) groups excluding carboxylic acids is 2. The predicted molar refractivity (Wildman–Crippen MR) is 88.4 cm³/mol. The quantitative estimate of drug-likeness (QED) is 0.680. The lowest BCUT2D eigenvalue weighted by Crippen LogP contribution is -2.09. The van der Waals surface area contributed by atoms with E-state index in [1.165, 1.54) is 13.2 Å². The van der Waals surface area contributed by atoms with Crippen LogP contribution in [0.3, 0.4) is 0 Å². The molecule has 0 unspecified atom stereocenters. The number of anilines is 1. The number of para-hydroxylation sites is 1. The number of rotatable bonds is 5. The van der Waals surface area contributed by atoms with Crippen molar-refractivity contribution in [3.05, 3.63) is 65.7 Å². The highest BCUT2D eigenvalue weighted by Gasteiger charge is 2.06. The molecule has 0 heterocycles. The van der Waals surface area contributed by atoms with Gasteiger partial charge in [0.1, 0.15) is 5.75 Å². The Labute approximate surface area is 134 Å². The van der Waals surface area contributed by atoms with Gasteiger partial charge in [-0.2, -0.15) is 0 Å². The summed E-state index contributed by atoms with van der Waals surface area (Å²) in [7, 11) is 2.88. The van der Waals surface area contributed by atoms with Crippen LogP contribution in [0.4, 0.5) is 5.69 Å². The molecule has 0 fully saturated rings. The number of ether oxygens (including phenoxy) is 2. The van der Waals surface area contributed by atoms with Gasteiger partial charge in [-0.1, -0.05) is 24.3 Å². The first-order valence-electron chi connectivity index (χ1n) is 6.94. The fourth-order valence-electron chi connectivity index (χ4n) is 2.00. The van der Waals surface area contributed by atoms with E-state index in [0.717, 1.165) is 5.56 Å². The molecule has 0 aliphatic heterocycles. The number of nitrogens with one attached hydrogen (secondary N) is 1. The number of amides is 1. The van der Waals surface area contributed by atoms with Crippen molar-refractivity contribution in [3.63, 3.8) is 0 Å². The van der Waals surface area contributed by atoms with Crippen molar-refractivity contribution in [2.75, 3.05) is 19.5 Å². The maximum absolute atomic E-state index is 12.0. The molecule has 1 N–H and O–H groups in total. The van der Waals surface area contributed by atoms with Gasteiger partial charge < -0.3 is 14.8 Å². The molecule has 5 nitrogen and oxygen atoms in total. The molecule has 0 aliphatic rings. The Balaban J connectivity index is 2.08. The SMILES string of the molecule is COC(=O)c1cccc(NC(=O)/C=C/c2ccccc2OC)c1. The monoisotopic (exact) mass is 311 g/mol. The Morgan fingerprint density at radius 3 is 2.57 bits per heavy atom. The fraction of sp³-hybridized carbons (Fsp3) is 0.111. The molecule has 23 heavy (non-hydrogen) atoms. The van der Waals surface area contributed by atoms with Gasteiger partial charge in [-0.05, 0) is 30.3 Å². The van der Waals surface area contributed by atoms with E-state index in [-0.39, 0.29) is 5.91 Å². The van der Waals surface area contributed by atoms with Crippen LogP contribution < -0.4 is 10.1 Å². The van der Waals surface area contributed by atoms with E-state index in [4.69, 9.17) is 4.74 Å². The third kappa shape index (κ3) is 4.44. The number of methoxy groups -OCH3 is 2. The second kappa shape index (κ2) is 7.79. The maximum Gasteiger partial charge on any atom is 0.337 e. The Morgan fingerprint density at radius 2 is 1.83 bits per heavy atom. The molecule has 0 spiro atoms. The molecule has 118 valence electrons. The summed E-state index contributed by atoms with van der Waals surface area (Å²) in [4.78, 5) is 23.5. The molecular weight excluding hydrogens is 294 g/mol. The molecule has 2 aromatic carbocycles. The number of esters is 1. The summed E-state index contributed by atoms with van der Waals surface area (Å²) < 4.78 is 9.86. The molecule has 0 aliphatic carbocycles. The van der Waals surface area contributed by atoms with Crippen LogP contribution in [-0.2, 0) is 9.53 Å². The lowest BCUT2D eigenvalue weighted by Gasteiger charge is -2.05. The van der Waals surface area contributed by atoms with E-state index in [1.807, 2.05) is 24.3 Å². The molecule has 5 heteroatoms. The average molecular weight is 311 g/mol. The highest BCUT2D eigenvalue weighted by Crippen LogP contribution is 2.18. The van der Waals surface area contributed by atoms with E-state index in [1.54, 1.807) is 37.5 Å². The first-order valence-corrected chi connectivity index (χ1v) is 6.94. The van der Waals surface area contributed by atoms with Crippen molar-refractivity contribution in [3.8, 4) is 5.75 Å². The minimum atomic E-state index is -0.453. The van der Waals surface area contributed by atoms with Gasteiger partial charge >= 0.3 is 5.97 Å². The van der Waals surface area contributed by atoms with Gasteiger partial charge in [0.05, 0.1) is 19.8 Å². The predicted octanol–water partition coefficient (Wildman–Crippen LogP) is 3.13. The molecule has 2 aromatic rings. The third-order valence-electron chi connectivity index (χ3n) is 3.10. The number of benzene rings is 2. The zero-order valence-corrected chi connectivity index (χ0v) is 12.9. The minimum Gasteiger partial charge on any atom is -0.496 e. The summed E-state index contributed by atoms with van der Waals surface area (Å²) in [6.07, 6.45) is 3.07. The van der Waals surface area contributed by atoms with E-state index in [9.17, 15) is 9.59 Å². The van der Waals surface area contributed by atoms with Crippen LogP contribution >= 0.6 is 0 Å². The molecule has 2 rings (SSSR count). The van der Waals surface area contributed by atoms with Gasteiger partial charge in [-0.15, -0.1) is 0 Å². The van der Waals surface area contributed by atoms with Crippen molar-refractivity contribution in [2.45, 2.75) is 0 Å². The van der Waals surface area contributed by atoms with Gasteiger partial charge in [0, 0.05) is 17.3 Å². The second-order valence-corrected chi connectivity index (χ2v) is 4.64. The van der Waals surface area contributed by atoms with Gasteiger partial charge in [-0.25, -0.2) is 4.79 Å². The highest BCUT2D eigenvalue weighted by molar-refractivity contribution is 6.02. The average Bonchev–Trinajstić information content (AvgIpc) is 2.59. The first kappa shape index (κ1) is 16.3. The minimum absolute atomic E-state index is 0.307. The van der Waals surface area contributed by atoms with E-state index in [0.29, 0.717) is 17.0 Å². The van der Waals surface area contributed by atoms with Crippen LogP contribution in [-0.4, -0.2) is 26.1 Å². The van der Waals surface area contributed by atoms with Crippen molar-refractivity contribution >= 4 is 23.6 Å². The van der Waals surface area contributed by atoms with Crippen molar-refractivity contribution in [1.82, 2.24) is 0 Å². The lowest BCUT2D eigenvalue weighted by molar-refractivity contribution is -0.111. The molecular formula is C18H17NO4. The summed E-state index contributed by atoms with van der Waals surface area (Å²) in [5.41, 5.74) is 1.69. The maximum atomic E-state index is 12.0. The van der Waals surface area contributed by atoms with Crippen LogP contribution in [0.25, 0.3) is 6.08 Å². The molecule has 0 saturated heterocycles. The van der Waals surface area contributed by atoms with Crippen LogP contribution in [0.15, 0.2) is 54.6 Å². The smallest absolute Gasteiger partial charge is 0.337 e. The summed E-state index contributed by atoms with van der Waals surface area (Å²) in [6, 6.07) is 13.9. The van der Waals surface area contributed by atoms with E-state index < -0.39 is 5.97 Å². The Hall–Kier alpha value is -3.08. The van der Waals surface area contributed by atoms with Gasteiger partial charge in [0.15, 0.2) is 0 Å². The zero-order valence-electron chi connectivity index (χ0n) is 12.9. The van der Waals surface area contributed by atoms with Crippen LogP contribution in [0, 0.1) is 0 Å². The van der Waals surface area contributed by atoms with Crippen molar-refractivity contribution < 1.29 is 19.1 Å². The normalized spacial score (nSPS) is 10.3. The molecule has 0 aromatic heterocycles. The summed E-state index contributed by atoms with van der Waals surface area (Å²) >= 11 is 0. The Kier molecular flexibility index (Phi) is 5.52. The van der Waals surface area contributed by atoms with E-state index in [2.05, 4.69) is 10.1 Å². The van der Waals surface area contributed by atoms with Crippen molar-refractivity contribution in [2.24, 2.45) is 0 Å². The van der Waals surface area contributed by atoms with E-state index >= 15 is 0 Å². The number of hydrogen-bond donors (Lipinski definition) is 1. The topological polar surface area (TPSA) is 64.6 Å². The van der Waals surface area contributed by atoms with Crippen LogP contribution in [0.5, 0.6) is 5.75 Å². The van der Waals surface area contributed by atoms with Crippen LogP contribution in [0.1, 0.15) is 15.9 Å².